The van der Waals surface area contributed by atoms with Crippen molar-refractivity contribution in [3.05, 3.63) is 0 Å². The molecule has 7 heteroatoms. The molecule has 2 unspecified atom stereocenters. The lowest BCUT2D eigenvalue weighted by Crippen LogP contribution is -2.33. The number of ether oxygens (including phenoxy) is 1. The maximum atomic E-state index is 11.2. The smallest absolute Gasteiger partial charge is 0.373 e. The van der Waals surface area contributed by atoms with Crippen LogP contribution in [0, 0.1) is 11.3 Å². The van der Waals surface area contributed by atoms with E-state index in [2.05, 4.69) is 4.74 Å². The molecule has 0 fully saturated rings. The number of nitrogens with zero attached hydrogens (tertiary/aromatic N) is 1. The van der Waals surface area contributed by atoms with Crippen molar-refractivity contribution < 1.29 is 28.1 Å². The van der Waals surface area contributed by atoms with Gasteiger partial charge in [-0.3, -0.25) is 4.74 Å². The first kappa shape index (κ1) is 10.2. The zero-order chi connectivity index (χ0) is 9.07. The van der Waals surface area contributed by atoms with Gasteiger partial charge in [-0.05, 0) is 0 Å². The molecule has 0 amide bonds. The van der Waals surface area contributed by atoms with Crippen LogP contribution in [0.15, 0.2) is 0 Å². The summed E-state index contributed by atoms with van der Waals surface area (Å²) in [5, 5.41) is 24.3. The number of halogens is 3. The van der Waals surface area contributed by atoms with Crippen LogP contribution in [0.1, 0.15) is 0 Å². The van der Waals surface area contributed by atoms with Gasteiger partial charge >= 0.3 is 6.36 Å². The third-order valence-electron chi connectivity index (χ3n) is 0.657. The second-order valence-electron chi connectivity index (χ2n) is 1.53. The average Bonchev–Trinajstić information content (AvgIpc) is 1.82. The van der Waals surface area contributed by atoms with Crippen molar-refractivity contribution in [1.82, 2.24) is 0 Å². The standard InChI is InChI=1S/C4H4F3NO3/c5-4(6,7)11-3(10)2(9)1-8/h2-3,9-10H. The van der Waals surface area contributed by atoms with Gasteiger partial charge in [0.05, 0.1) is 6.07 Å². The van der Waals surface area contributed by atoms with E-state index in [1.807, 2.05) is 0 Å². The first-order chi connectivity index (χ1) is 4.87. The molecule has 0 saturated carbocycles. The Bertz CT molecular complexity index is 163. The topological polar surface area (TPSA) is 73.5 Å². The first-order valence-electron chi connectivity index (χ1n) is 2.37. The van der Waals surface area contributed by atoms with Gasteiger partial charge < -0.3 is 10.2 Å². The summed E-state index contributed by atoms with van der Waals surface area (Å²) in [6, 6.07) is 0.968. The fourth-order valence-electron chi connectivity index (χ4n) is 0.265. The van der Waals surface area contributed by atoms with Crippen molar-refractivity contribution in [2.45, 2.75) is 18.8 Å². The molecule has 0 spiro atoms. The van der Waals surface area contributed by atoms with E-state index in [-0.39, 0.29) is 0 Å². The number of alkyl halides is 3. The van der Waals surface area contributed by atoms with Crippen molar-refractivity contribution in [1.29, 1.82) is 5.26 Å². The van der Waals surface area contributed by atoms with E-state index in [1.165, 1.54) is 0 Å². The summed E-state index contributed by atoms with van der Waals surface area (Å²) >= 11 is 0. The van der Waals surface area contributed by atoms with Gasteiger partial charge in [-0.15, -0.1) is 13.2 Å². The molecule has 64 valence electrons. The van der Waals surface area contributed by atoms with Gasteiger partial charge in [0.1, 0.15) is 0 Å². The first-order valence-corrected chi connectivity index (χ1v) is 2.37. The highest BCUT2D eigenvalue weighted by molar-refractivity contribution is 4.84. The maximum Gasteiger partial charge on any atom is 0.524 e. The Morgan fingerprint density at radius 1 is 1.36 bits per heavy atom. The molecular weight excluding hydrogens is 167 g/mol. The Balaban J connectivity index is 3.90. The van der Waals surface area contributed by atoms with Crippen LogP contribution in [-0.2, 0) is 4.74 Å². The molecule has 0 saturated heterocycles. The lowest BCUT2D eigenvalue weighted by atomic mass is 10.4. The van der Waals surface area contributed by atoms with Crippen LogP contribution in [0.3, 0.4) is 0 Å². The highest BCUT2D eigenvalue weighted by Gasteiger charge is 2.35. The fraction of sp³-hybridized carbons (Fsp3) is 0.750. The van der Waals surface area contributed by atoms with Gasteiger partial charge in [-0.1, -0.05) is 0 Å². The zero-order valence-electron chi connectivity index (χ0n) is 5.04. The van der Waals surface area contributed by atoms with Crippen molar-refractivity contribution in [2.24, 2.45) is 0 Å². The summed E-state index contributed by atoms with van der Waals surface area (Å²) in [5.74, 6) is 0. The summed E-state index contributed by atoms with van der Waals surface area (Å²) in [6.45, 7) is 0. The quantitative estimate of drug-likeness (QED) is 0.443. The van der Waals surface area contributed by atoms with E-state index in [0.717, 1.165) is 6.07 Å². The molecule has 0 aliphatic heterocycles. The molecular formula is C4H4F3NO3. The number of rotatable bonds is 2. The molecule has 0 aromatic carbocycles. The summed E-state index contributed by atoms with van der Waals surface area (Å²) < 4.78 is 36.5. The second-order valence-corrected chi connectivity index (χ2v) is 1.53. The second kappa shape index (κ2) is 3.52. The van der Waals surface area contributed by atoms with Crippen molar-refractivity contribution in [3.63, 3.8) is 0 Å². The lowest BCUT2D eigenvalue weighted by Gasteiger charge is -2.13. The molecule has 2 atom stereocenters. The minimum atomic E-state index is -5.06. The van der Waals surface area contributed by atoms with Crippen LogP contribution in [0.25, 0.3) is 0 Å². The normalized spacial score (nSPS) is 17.1. The van der Waals surface area contributed by atoms with E-state index in [1.54, 1.807) is 0 Å². The van der Waals surface area contributed by atoms with Crippen LogP contribution in [-0.4, -0.2) is 29.0 Å². The Kier molecular flexibility index (Phi) is 3.25. The monoisotopic (exact) mass is 171 g/mol. The van der Waals surface area contributed by atoms with Crippen LogP contribution >= 0.6 is 0 Å². The van der Waals surface area contributed by atoms with Gasteiger partial charge in [0, 0.05) is 0 Å². The molecule has 0 rings (SSSR count). The third kappa shape index (κ3) is 4.55. The summed E-state index contributed by atoms with van der Waals surface area (Å²) in [5.41, 5.74) is 0. The Morgan fingerprint density at radius 3 is 2.09 bits per heavy atom. The Morgan fingerprint density at radius 2 is 1.82 bits per heavy atom. The highest BCUT2D eigenvalue weighted by atomic mass is 19.4. The van der Waals surface area contributed by atoms with Gasteiger partial charge in [-0.25, -0.2) is 0 Å². The molecule has 4 nitrogen and oxygen atoms in total. The van der Waals surface area contributed by atoms with Crippen LogP contribution in [0.5, 0.6) is 0 Å². The van der Waals surface area contributed by atoms with Crippen molar-refractivity contribution >= 4 is 0 Å². The van der Waals surface area contributed by atoms with E-state index >= 15 is 0 Å². The number of aliphatic hydroxyl groups is 2. The van der Waals surface area contributed by atoms with E-state index in [9.17, 15) is 13.2 Å². The van der Waals surface area contributed by atoms with Gasteiger partial charge in [0.25, 0.3) is 0 Å². The summed E-state index contributed by atoms with van der Waals surface area (Å²) in [7, 11) is 0. The predicted octanol–water partition coefficient (Wildman–Crippen LogP) is -0.274. The number of nitriles is 1. The summed E-state index contributed by atoms with van der Waals surface area (Å²) in [4.78, 5) is 0. The van der Waals surface area contributed by atoms with Gasteiger partial charge in [0.15, 0.2) is 6.10 Å². The molecule has 2 N–H and O–H groups in total. The molecule has 0 bridgehead atoms. The number of hydrogen-bond acceptors (Lipinski definition) is 4. The SMILES string of the molecule is N#CC(O)C(O)OC(F)(F)F. The van der Waals surface area contributed by atoms with Crippen LogP contribution in [0.4, 0.5) is 13.2 Å². The Hall–Kier alpha value is -0.840. The minimum Gasteiger partial charge on any atom is -0.373 e. The van der Waals surface area contributed by atoms with Crippen molar-refractivity contribution in [2.75, 3.05) is 0 Å². The van der Waals surface area contributed by atoms with Gasteiger partial charge in [-0.2, -0.15) is 5.26 Å². The zero-order valence-corrected chi connectivity index (χ0v) is 5.04. The van der Waals surface area contributed by atoms with Crippen molar-refractivity contribution in [3.8, 4) is 6.07 Å². The van der Waals surface area contributed by atoms with E-state index in [0.29, 0.717) is 0 Å². The molecule has 0 aliphatic carbocycles. The number of hydrogen-bond donors (Lipinski definition) is 2. The minimum absolute atomic E-state index is 0.968. The lowest BCUT2D eigenvalue weighted by molar-refractivity contribution is -0.380. The highest BCUT2D eigenvalue weighted by Crippen LogP contribution is 2.18. The average molecular weight is 171 g/mol. The van der Waals surface area contributed by atoms with Crippen LogP contribution in [0.2, 0.25) is 0 Å². The van der Waals surface area contributed by atoms with Gasteiger partial charge in [0.2, 0.25) is 6.29 Å². The summed E-state index contributed by atoms with van der Waals surface area (Å²) in [6.07, 6.45) is -9.81. The molecule has 0 heterocycles. The largest absolute Gasteiger partial charge is 0.524 e. The molecule has 0 aromatic rings. The number of aliphatic hydroxyl groups excluding tert-OH is 2. The molecule has 0 aromatic heterocycles. The molecule has 0 radical (unpaired) electrons. The third-order valence-corrected chi connectivity index (χ3v) is 0.657. The maximum absolute atomic E-state index is 11.2. The fourth-order valence-corrected chi connectivity index (χ4v) is 0.265. The Labute approximate surface area is 59.4 Å². The van der Waals surface area contributed by atoms with E-state index < -0.39 is 18.8 Å². The molecule has 11 heavy (non-hydrogen) atoms. The predicted molar refractivity (Wildman–Crippen MR) is 24.8 cm³/mol. The van der Waals surface area contributed by atoms with E-state index in [4.69, 9.17) is 15.5 Å². The molecule has 0 aliphatic rings. The van der Waals surface area contributed by atoms with Crippen LogP contribution < -0.4 is 0 Å².